The van der Waals surface area contributed by atoms with Gasteiger partial charge in [0.25, 0.3) is 0 Å². The highest BCUT2D eigenvalue weighted by molar-refractivity contribution is 6.30. The average Bonchev–Trinajstić information content (AvgIpc) is 2.79. The summed E-state index contributed by atoms with van der Waals surface area (Å²) >= 11 is 5.99. The number of carbonyl (C=O) groups is 1. The van der Waals surface area contributed by atoms with Crippen molar-refractivity contribution in [2.45, 2.75) is 25.0 Å². The molecule has 1 N–H and O–H groups in total. The summed E-state index contributed by atoms with van der Waals surface area (Å²) in [6, 6.07) is 5.69. The molecule has 5 nitrogen and oxygen atoms in total. The molecule has 6 heteroatoms. The predicted molar refractivity (Wildman–Crippen MR) is 78.0 cm³/mol. The largest absolute Gasteiger partial charge is 0.488 e. The highest BCUT2D eigenvalue weighted by Crippen LogP contribution is 2.31. The van der Waals surface area contributed by atoms with E-state index >= 15 is 0 Å². The Morgan fingerprint density at radius 1 is 1.43 bits per heavy atom. The molecule has 2 aliphatic heterocycles. The summed E-state index contributed by atoms with van der Waals surface area (Å²) in [4.78, 5) is 13.0. The molecule has 0 aromatic heterocycles. The molecule has 0 bridgehead atoms. The van der Waals surface area contributed by atoms with Gasteiger partial charge in [-0.05, 0) is 23.8 Å². The molecule has 2 unspecified atom stereocenters. The first-order chi connectivity index (χ1) is 10.1. The van der Waals surface area contributed by atoms with Gasteiger partial charge < -0.3 is 14.6 Å². The second-order valence-electron chi connectivity index (χ2n) is 5.55. The molecule has 0 spiro atoms. The van der Waals surface area contributed by atoms with Crippen molar-refractivity contribution in [2.24, 2.45) is 0 Å². The van der Waals surface area contributed by atoms with E-state index in [9.17, 15) is 4.79 Å². The van der Waals surface area contributed by atoms with E-state index in [4.69, 9.17) is 26.2 Å². The molecule has 1 aromatic carbocycles. The first-order valence-electron chi connectivity index (χ1n) is 7.11. The van der Waals surface area contributed by atoms with Gasteiger partial charge in [0.05, 0.1) is 19.1 Å². The molecule has 0 amide bonds. The van der Waals surface area contributed by atoms with Crippen LogP contribution in [0.3, 0.4) is 0 Å². The van der Waals surface area contributed by atoms with E-state index in [1.54, 1.807) is 0 Å². The first kappa shape index (κ1) is 14.6. The molecule has 1 saturated heterocycles. The molecule has 0 radical (unpaired) electrons. The van der Waals surface area contributed by atoms with E-state index in [1.807, 2.05) is 18.2 Å². The summed E-state index contributed by atoms with van der Waals surface area (Å²) in [7, 11) is 0. The lowest BCUT2D eigenvalue weighted by molar-refractivity contribution is -0.142. The molecular weight excluding hydrogens is 294 g/mol. The lowest BCUT2D eigenvalue weighted by atomic mass is 10.1. The molecule has 0 aliphatic carbocycles. The van der Waals surface area contributed by atoms with Crippen LogP contribution in [0.4, 0.5) is 0 Å². The van der Waals surface area contributed by atoms with E-state index in [1.165, 1.54) is 0 Å². The number of halogens is 1. The molecule has 2 atom stereocenters. The van der Waals surface area contributed by atoms with Crippen LogP contribution in [0.25, 0.3) is 0 Å². The number of carboxylic acids is 1. The third kappa shape index (κ3) is 3.67. The molecule has 114 valence electrons. The summed E-state index contributed by atoms with van der Waals surface area (Å²) in [6.07, 6.45) is 0.769. The number of hydrogen-bond donors (Lipinski definition) is 1. The molecule has 2 heterocycles. The molecule has 21 heavy (non-hydrogen) atoms. The Hall–Kier alpha value is -1.30. The minimum Gasteiger partial charge on any atom is -0.488 e. The van der Waals surface area contributed by atoms with Crippen LogP contribution < -0.4 is 4.74 Å². The Labute approximate surface area is 128 Å². The van der Waals surface area contributed by atoms with E-state index in [0.717, 1.165) is 35.8 Å². The quantitative estimate of drug-likeness (QED) is 0.919. The zero-order valence-electron chi connectivity index (χ0n) is 11.6. The van der Waals surface area contributed by atoms with Crippen LogP contribution in [0.1, 0.15) is 12.0 Å². The number of benzene rings is 1. The predicted octanol–water partition coefficient (Wildman–Crippen LogP) is 1.82. The number of nitrogens with zero attached hydrogens (tertiary/aromatic N) is 1. The van der Waals surface area contributed by atoms with Crippen molar-refractivity contribution in [1.82, 2.24) is 4.90 Å². The van der Waals surface area contributed by atoms with E-state index in [0.29, 0.717) is 13.2 Å². The number of aliphatic carboxylic acids is 1. The smallest absolute Gasteiger partial charge is 0.306 e. The van der Waals surface area contributed by atoms with Gasteiger partial charge in [0.2, 0.25) is 0 Å². The number of carboxylic acid groups (broad SMARTS) is 1. The van der Waals surface area contributed by atoms with Crippen molar-refractivity contribution in [3.8, 4) is 5.75 Å². The van der Waals surface area contributed by atoms with Gasteiger partial charge in [-0.2, -0.15) is 0 Å². The lowest BCUT2D eigenvalue weighted by Gasteiger charge is -2.33. The van der Waals surface area contributed by atoms with Crippen LogP contribution in [0.2, 0.25) is 5.02 Å². The van der Waals surface area contributed by atoms with E-state index in [2.05, 4.69) is 4.90 Å². The maximum atomic E-state index is 10.8. The van der Waals surface area contributed by atoms with Gasteiger partial charge in [0.15, 0.2) is 0 Å². The topological polar surface area (TPSA) is 59.0 Å². The number of fused-ring (bicyclic) bond motifs is 1. The van der Waals surface area contributed by atoms with E-state index < -0.39 is 5.97 Å². The minimum atomic E-state index is -0.819. The maximum Gasteiger partial charge on any atom is 0.306 e. The number of rotatable bonds is 4. The van der Waals surface area contributed by atoms with Crippen LogP contribution in [0.15, 0.2) is 18.2 Å². The number of ether oxygens (including phenoxy) is 2. The van der Waals surface area contributed by atoms with Crippen molar-refractivity contribution in [2.75, 3.05) is 26.2 Å². The van der Waals surface area contributed by atoms with Crippen molar-refractivity contribution in [3.63, 3.8) is 0 Å². The molecule has 3 rings (SSSR count). The van der Waals surface area contributed by atoms with Crippen LogP contribution in [-0.2, 0) is 16.0 Å². The first-order valence-corrected chi connectivity index (χ1v) is 7.49. The van der Waals surface area contributed by atoms with Gasteiger partial charge in [-0.15, -0.1) is 0 Å². The van der Waals surface area contributed by atoms with Crippen molar-refractivity contribution >= 4 is 17.6 Å². The summed E-state index contributed by atoms with van der Waals surface area (Å²) in [5.41, 5.74) is 1.14. The molecule has 2 aliphatic rings. The Morgan fingerprint density at radius 2 is 2.29 bits per heavy atom. The number of morpholine rings is 1. The van der Waals surface area contributed by atoms with Gasteiger partial charge in [-0.1, -0.05) is 11.6 Å². The Bertz CT molecular complexity index is 536. The normalized spacial score (nSPS) is 25.4. The zero-order chi connectivity index (χ0) is 14.8. The Balaban J connectivity index is 1.55. The fourth-order valence-corrected chi connectivity index (χ4v) is 3.14. The Kier molecular flexibility index (Phi) is 4.33. The van der Waals surface area contributed by atoms with Crippen molar-refractivity contribution in [1.29, 1.82) is 0 Å². The summed E-state index contributed by atoms with van der Waals surface area (Å²) < 4.78 is 11.4. The molecular formula is C15H18ClNO4. The fraction of sp³-hybridized carbons (Fsp3) is 0.533. The monoisotopic (exact) mass is 311 g/mol. The van der Waals surface area contributed by atoms with Gasteiger partial charge >= 0.3 is 5.97 Å². The van der Waals surface area contributed by atoms with Gasteiger partial charge in [-0.3, -0.25) is 9.69 Å². The second-order valence-corrected chi connectivity index (χ2v) is 5.98. The summed E-state index contributed by atoms with van der Waals surface area (Å²) in [5, 5.41) is 9.57. The van der Waals surface area contributed by atoms with Crippen LogP contribution in [-0.4, -0.2) is 54.4 Å². The van der Waals surface area contributed by atoms with Gasteiger partial charge in [-0.25, -0.2) is 0 Å². The Morgan fingerprint density at radius 3 is 3.10 bits per heavy atom. The maximum absolute atomic E-state index is 10.8. The van der Waals surface area contributed by atoms with Crippen molar-refractivity contribution < 1.29 is 19.4 Å². The van der Waals surface area contributed by atoms with Gasteiger partial charge in [0.1, 0.15) is 11.9 Å². The third-order valence-electron chi connectivity index (χ3n) is 3.85. The highest BCUT2D eigenvalue weighted by Gasteiger charge is 2.28. The molecule has 1 aromatic rings. The standard InChI is InChI=1S/C15H18ClNO4/c16-11-1-2-14-10(5-11)6-13(21-14)9-17-3-4-20-12(8-17)7-15(18)19/h1-2,5,12-13H,3-4,6-9H2,(H,18,19). The SMILES string of the molecule is O=C(O)CC1CN(CC2Cc3cc(Cl)ccc3O2)CCO1. The molecule has 1 fully saturated rings. The molecule has 0 saturated carbocycles. The lowest BCUT2D eigenvalue weighted by Crippen LogP contribution is -2.46. The van der Waals surface area contributed by atoms with Crippen LogP contribution in [0, 0.1) is 0 Å². The summed E-state index contributed by atoms with van der Waals surface area (Å²) in [6.45, 7) is 2.81. The van der Waals surface area contributed by atoms with Crippen molar-refractivity contribution in [3.05, 3.63) is 28.8 Å². The van der Waals surface area contributed by atoms with E-state index in [-0.39, 0.29) is 18.6 Å². The van der Waals surface area contributed by atoms with Gasteiger partial charge in [0, 0.05) is 31.1 Å². The highest BCUT2D eigenvalue weighted by atomic mass is 35.5. The minimum absolute atomic E-state index is 0.0534. The third-order valence-corrected chi connectivity index (χ3v) is 4.09. The average molecular weight is 312 g/mol. The number of hydrogen-bond acceptors (Lipinski definition) is 4. The van der Waals surface area contributed by atoms with Crippen LogP contribution in [0.5, 0.6) is 5.75 Å². The fourth-order valence-electron chi connectivity index (χ4n) is 2.94. The van der Waals surface area contributed by atoms with Crippen LogP contribution >= 0.6 is 11.6 Å². The summed E-state index contributed by atoms with van der Waals surface area (Å²) in [5.74, 6) is 0.0840. The zero-order valence-corrected chi connectivity index (χ0v) is 12.4. The second kappa shape index (κ2) is 6.22.